The van der Waals surface area contributed by atoms with Gasteiger partial charge in [-0.1, -0.05) is 55.4 Å². The van der Waals surface area contributed by atoms with Gasteiger partial charge in [0.2, 0.25) is 5.91 Å². The molecular formula is C24H28N4OS2. The minimum atomic E-state index is -0.334. The Hall–Kier alpha value is -2.12. The number of thiophene rings is 1. The number of nitrogens with one attached hydrogen (secondary N) is 1. The van der Waals surface area contributed by atoms with Gasteiger partial charge in [-0.2, -0.15) is 0 Å². The summed E-state index contributed by atoms with van der Waals surface area (Å²) in [4.78, 5) is 15.7. The standard InChI is InChI=1S/C24H28N4OS2/c1-3-15-9-12-19-17(13-15)14-20(30-19)22-26-27-24(28(22)2)31-21(16-7-5-4-6-8-16)23(29)25-18-10-11-18/h4-8,14-15,18,21H,3,9-13H2,1-2H3,(H,25,29)/t15-,21+/m1/s1. The van der Waals surface area contributed by atoms with E-state index in [4.69, 9.17) is 0 Å². The molecule has 2 atom stereocenters. The number of rotatable bonds is 7. The summed E-state index contributed by atoms with van der Waals surface area (Å²) in [6, 6.07) is 12.6. The Balaban J connectivity index is 1.40. The van der Waals surface area contributed by atoms with Gasteiger partial charge in [-0.05, 0) is 55.2 Å². The van der Waals surface area contributed by atoms with Crippen molar-refractivity contribution in [3.63, 3.8) is 0 Å². The van der Waals surface area contributed by atoms with Gasteiger partial charge in [-0.3, -0.25) is 4.79 Å². The quantitative estimate of drug-likeness (QED) is 0.503. The zero-order valence-electron chi connectivity index (χ0n) is 18.0. The van der Waals surface area contributed by atoms with Crippen LogP contribution in [0.4, 0.5) is 0 Å². The van der Waals surface area contributed by atoms with Gasteiger partial charge in [0.05, 0.1) is 4.88 Å². The van der Waals surface area contributed by atoms with Gasteiger partial charge in [0, 0.05) is 18.0 Å². The molecule has 1 amide bonds. The van der Waals surface area contributed by atoms with Crippen LogP contribution in [0.2, 0.25) is 0 Å². The number of aromatic nitrogens is 3. The van der Waals surface area contributed by atoms with Gasteiger partial charge in [0.15, 0.2) is 11.0 Å². The Kier molecular flexibility index (Phi) is 5.89. The van der Waals surface area contributed by atoms with Crippen molar-refractivity contribution in [3.05, 3.63) is 52.4 Å². The smallest absolute Gasteiger partial charge is 0.238 e. The number of carbonyl (C=O) groups excluding carboxylic acids is 1. The van der Waals surface area contributed by atoms with Crippen LogP contribution in [-0.2, 0) is 24.7 Å². The zero-order valence-corrected chi connectivity index (χ0v) is 19.6. The van der Waals surface area contributed by atoms with Gasteiger partial charge in [0.1, 0.15) is 5.25 Å². The van der Waals surface area contributed by atoms with Crippen LogP contribution in [0, 0.1) is 5.92 Å². The molecule has 162 valence electrons. The van der Waals surface area contributed by atoms with Crippen LogP contribution in [0.5, 0.6) is 0 Å². The molecule has 0 bridgehead atoms. The van der Waals surface area contributed by atoms with Crippen LogP contribution in [0.25, 0.3) is 10.7 Å². The minimum absolute atomic E-state index is 0.0560. The zero-order chi connectivity index (χ0) is 21.4. The summed E-state index contributed by atoms with van der Waals surface area (Å²) in [5, 5.41) is 12.6. The van der Waals surface area contributed by atoms with Crippen molar-refractivity contribution in [2.75, 3.05) is 0 Å². The van der Waals surface area contributed by atoms with Crippen molar-refractivity contribution in [2.24, 2.45) is 13.0 Å². The Morgan fingerprint density at radius 3 is 2.81 bits per heavy atom. The summed E-state index contributed by atoms with van der Waals surface area (Å²) in [5.41, 5.74) is 2.48. The van der Waals surface area contributed by atoms with Crippen molar-refractivity contribution in [2.45, 2.75) is 61.9 Å². The fraction of sp³-hybridized carbons (Fsp3) is 0.458. The maximum absolute atomic E-state index is 13.0. The van der Waals surface area contributed by atoms with E-state index in [1.165, 1.54) is 52.8 Å². The lowest BCUT2D eigenvalue weighted by Gasteiger charge is -2.19. The van der Waals surface area contributed by atoms with E-state index in [0.717, 1.165) is 35.3 Å². The number of amides is 1. The molecule has 0 aliphatic heterocycles. The number of carbonyl (C=O) groups is 1. The number of thioether (sulfide) groups is 1. The molecule has 0 radical (unpaired) electrons. The van der Waals surface area contributed by atoms with E-state index in [1.54, 1.807) is 0 Å². The maximum Gasteiger partial charge on any atom is 0.238 e. The largest absolute Gasteiger partial charge is 0.352 e. The SMILES string of the molecule is CC[C@@H]1CCc2sc(-c3nnc(S[C@H](C(=O)NC4CC4)c4ccccc4)n3C)cc2C1. The van der Waals surface area contributed by atoms with E-state index in [2.05, 4.69) is 28.5 Å². The van der Waals surface area contributed by atoms with E-state index in [1.807, 2.05) is 53.3 Å². The molecule has 2 aliphatic rings. The highest BCUT2D eigenvalue weighted by atomic mass is 32.2. The lowest BCUT2D eigenvalue weighted by atomic mass is 9.87. The summed E-state index contributed by atoms with van der Waals surface area (Å²) in [6.45, 7) is 2.29. The van der Waals surface area contributed by atoms with E-state index < -0.39 is 0 Å². The third kappa shape index (κ3) is 4.44. The Bertz CT molecular complexity index is 1070. The minimum Gasteiger partial charge on any atom is -0.352 e. The third-order valence-electron chi connectivity index (χ3n) is 6.30. The second-order valence-electron chi connectivity index (χ2n) is 8.63. The summed E-state index contributed by atoms with van der Waals surface area (Å²) in [7, 11) is 2.01. The van der Waals surface area contributed by atoms with Crippen molar-refractivity contribution in [1.29, 1.82) is 0 Å². The molecule has 0 unspecified atom stereocenters. The summed E-state index contributed by atoms with van der Waals surface area (Å²) < 4.78 is 2.04. The second kappa shape index (κ2) is 8.79. The highest BCUT2D eigenvalue weighted by Crippen LogP contribution is 2.40. The fourth-order valence-electron chi connectivity index (χ4n) is 4.20. The van der Waals surface area contributed by atoms with Crippen LogP contribution < -0.4 is 5.32 Å². The van der Waals surface area contributed by atoms with Crippen molar-refractivity contribution < 1.29 is 4.79 Å². The Morgan fingerprint density at radius 2 is 2.06 bits per heavy atom. The molecule has 7 heteroatoms. The molecule has 0 spiro atoms. The Labute approximate surface area is 191 Å². The second-order valence-corrected chi connectivity index (χ2v) is 10.8. The normalized spacial score (nSPS) is 19.1. The molecule has 3 aromatic rings. The monoisotopic (exact) mass is 452 g/mol. The van der Waals surface area contributed by atoms with E-state index in [-0.39, 0.29) is 11.2 Å². The van der Waals surface area contributed by atoms with E-state index >= 15 is 0 Å². The third-order valence-corrected chi connectivity index (χ3v) is 8.83. The van der Waals surface area contributed by atoms with Gasteiger partial charge in [-0.25, -0.2) is 0 Å². The molecule has 2 aromatic heterocycles. The summed E-state index contributed by atoms with van der Waals surface area (Å²) in [5.74, 6) is 1.75. The number of nitrogens with zero attached hydrogens (tertiary/aromatic N) is 3. The number of hydrogen-bond acceptors (Lipinski definition) is 5. The first-order valence-corrected chi connectivity index (χ1v) is 12.8. The van der Waals surface area contributed by atoms with Gasteiger partial charge in [0.25, 0.3) is 0 Å². The molecule has 1 aromatic carbocycles. The molecule has 1 fully saturated rings. The highest BCUT2D eigenvalue weighted by Gasteiger charge is 2.31. The van der Waals surface area contributed by atoms with Gasteiger partial charge < -0.3 is 9.88 Å². The van der Waals surface area contributed by atoms with E-state index in [0.29, 0.717) is 6.04 Å². The molecular weight excluding hydrogens is 424 g/mol. The molecule has 1 saturated carbocycles. The molecule has 31 heavy (non-hydrogen) atoms. The molecule has 2 aliphatic carbocycles. The number of aryl methyl sites for hydroxylation is 1. The van der Waals surface area contributed by atoms with Gasteiger partial charge in [-0.15, -0.1) is 21.5 Å². The van der Waals surface area contributed by atoms with Gasteiger partial charge >= 0.3 is 0 Å². The lowest BCUT2D eigenvalue weighted by molar-refractivity contribution is -0.120. The van der Waals surface area contributed by atoms with E-state index in [9.17, 15) is 4.79 Å². The van der Waals surface area contributed by atoms with Crippen LogP contribution in [0.1, 0.15) is 53.9 Å². The first kappa shape index (κ1) is 20.8. The van der Waals surface area contributed by atoms with Crippen molar-refractivity contribution >= 4 is 29.0 Å². The predicted octanol–water partition coefficient (Wildman–Crippen LogP) is 5.17. The number of fused-ring (bicyclic) bond motifs is 1. The first-order chi connectivity index (χ1) is 15.1. The molecule has 5 nitrogen and oxygen atoms in total. The molecule has 1 N–H and O–H groups in total. The topological polar surface area (TPSA) is 59.8 Å². The molecule has 5 rings (SSSR count). The van der Waals surface area contributed by atoms with Crippen LogP contribution in [0.3, 0.4) is 0 Å². The molecule has 2 heterocycles. The predicted molar refractivity (Wildman–Crippen MR) is 126 cm³/mol. The number of benzene rings is 1. The highest BCUT2D eigenvalue weighted by molar-refractivity contribution is 8.00. The summed E-state index contributed by atoms with van der Waals surface area (Å²) >= 11 is 3.34. The first-order valence-electron chi connectivity index (χ1n) is 11.2. The van der Waals surface area contributed by atoms with Crippen LogP contribution in [0.15, 0.2) is 41.6 Å². The average molecular weight is 453 g/mol. The average Bonchev–Trinajstić information content (AvgIpc) is 3.38. The van der Waals surface area contributed by atoms with Crippen LogP contribution >= 0.6 is 23.1 Å². The maximum atomic E-state index is 13.0. The fourth-order valence-corrected chi connectivity index (χ4v) is 6.44. The van der Waals surface area contributed by atoms with Crippen LogP contribution in [-0.4, -0.2) is 26.7 Å². The lowest BCUT2D eigenvalue weighted by Crippen LogP contribution is -2.29. The molecule has 0 saturated heterocycles. The van der Waals surface area contributed by atoms with Crippen molar-refractivity contribution in [1.82, 2.24) is 20.1 Å². The number of hydrogen-bond donors (Lipinski definition) is 1. The summed E-state index contributed by atoms with van der Waals surface area (Å²) in [6.07, 6.45) is 7.05. The van der Waals surface area contributed by atoms with Crippen molar-refractivity contribution in [3.8, 4) is 10.7 Å². The Morgan fingerprint density at radius 1 is 1.26 bits per heavy atom.